The number of nitrogens with one attached hydrogen (secondary N) is 1. The molecular formula is C14H16FN3. The first-order chi connectivity index (χ1) is 8.69. The third-order valence-electron chi connectivity index (χ3n) is 2.75. The molecule has 0 saturated heterocycles. The van der Waals surface area contributed by atoms with Gasteiger partial charge in [0.25, 0.3) is 0 Å². The molecule has 1 aromatic heterocycles. The number of nitrogen functional groups attached to an aromatic ring is 1. The summed E-state index contributed by atoms with van der Waals surface area (Å²) >= 11 is 0. The first kappa shape index (κ1) is 12.4. The van der Waals surface area contributed by atoms with Gasteiger partial charge in [-0.05, 0) is 36.2 Å². The van der Waals surface area contributed by atoms with Crippen LogP contribution >= 0.6 is 0 Å². The summed E-state index contributed by atoms with van der Waals surface area (Å²) in [5, 5.41) is 3.13. The summed E-state index contributed by atoms with van der Waals surface area (Å²) < 4.78 is 13.2. The van der Waals surface area contributed by atoms with Crippen molar-refractivity contribution >= 4 is 11.4 Å². The van der Waals surface area contributed by atoms with Gasteiger partial charge in [0.15, 0.2) is 0 Å². The molecule has 3 nitrogen and oxygen atoms in total. The molecular weight excluding hydrogens is 229 g/mol. The van der Waals surface area contributed by atoms with Crippen LogP contribution in [0.4, 0.5) is 15.8 Å². The van der Waals surface area contributed by atoms with Crippen LogP contribution < -0.4 is 11.1 Å². The lowest BCUT2D eigenvalue weighted by atomic mass is 10.1. The molecule has 0 saturated carbocycles. The zero-order valence-electron chi connectivity index (χ0n) is 10.3. The Hall–Kier alpha value is -2.10. The fraction of sp³-hybridized carbons (Fsp3) is 0.214. The summed E-state index contributed by atoms with van der Waals surface area (Å²) in [6, 6.07) is 8.39. The molecule has 18 heavy (non-hydrogen) atoms. The van der Waals surface area contributed by atoms with Gasteiger partial charge in [-0.2, -0.15) is 0 Å². The van der Waals surface area contributed by atoms with Crippen LogP contribution in [0.1, 0.15) is 18.2 Å². The Morgan fingerprint density at radius 1 is 1.33 bits per heavy atom. The second-order valence-electron chi connectivity index (χ2n) is 4.09. The Labute approximate surface area is 106 Å². The number of aromatic nitrogens is 1. The van der Waals surface area contributed by atoms with Crippen LogP contribution in [0.5, 0.6) is 0 Å². The molecule has 0 atom stereocenters. The summed E-state index contributed by atoms with van der Waals surface area (Å²) in [6.07, 6.45) is 2.69. The molecule has 0 aliphatic heterocycles. The van der Waals surface area contributed by atoms with Gasteiger partial charge in [0.1, 0.15) is 5.82 Å². The van der Waals surface area contributed by atoms with Gasteiger partial charge in [-0.3, -0.25) is 4.98 Å². The minimum Gasteiger partial charge on any atom is -0.399 e. The minimum absolute atomic E-state index is 0.339. The maximum atomic E-state index is 13.2. The van der Waals surface area contributed by atoms with E-state index >= 15 is 0 Å². The quantitative estimate of drug-likeness (QED) is 0.814. The predicted octanol–water partition coefficient (Wildman–Crippen LogP) is 2.98. The zero-order valence-corrected chi connectivity index (χ0v) is 10.3. The first-order valence-electron chi connectivity index (χ1n) is 5.91. The van der Waals surface area contributed by atoms with Gasteiger partial charge in [0.2, 0.25) is 0 Å². The molecule has 3 N–H and O–H groups in total. The van der Waals surface area contributed by atoms with E-state index in [1.165, 1.54) is 17.7 Å². The summed E-state index contributed by atoms with van der Waals surface area (Å²) in [5.74, 6) is -0.339. The summed E-state index contributed by atoms with van der Waals surface area (Å²) in [7, 11) is 0. The van der Waals surface area contributed by atoms with Crippen LogP contribution in [0.2, 0.25) is 0 Å². The van der Waals surface area contributed by atoms with Crippen LogP contribution in [0.3, 0.4) is 0 Å². The van der Waals surface area contributed by atoms with Crippen LogP contribution in [-0.2, 0) is 13.0 Å². The molecule has 0 bridgehead atoms. The second kappa shape index (κ2) is 5.49. The molecule has 0 aliphatic carbocycles. The summed E-state index contributed by atoms with van der Waals surface area (Å²) in [4.78, 5) is 4.32. The Bertz CT molecular complexity index is 520. The number of benzene rings is 1. The molecule has 2 rings (SSSR count). The highest BCUT2D eigenvalue weighted by Crippen LogP contribution is 2.16. The molecule has 4 heteroatoms. The van der Waals surface area contributed by atoms with Crippen LogP contribution in [0, 0.1) is 5.82 Å². The van der Waals surface area contributed by atoms with E-state index in [1.54, 1.807) is 12.3 Å². The molecule has 0 aliphatic rings. The smallest absolute Gasteiger partial charge is 0.127 e. The molecule has 94 valence electrons. The molecule has 0 radical (unpaired) electrons. The predicted molar refractivity (Wildman–Crippen MR) is 71.8 cm³/mol. The highest BCUT2D eigenvalue weighted by atomic mass is 19.1. The molecule has 0 fully saturated rings. The number of rotatable bonds is 4. The Kier molecular flexibility index (Phi) is 3.77. The highest BCUT2D eigenvalue weighted by Gasteiger charge is 2.02. The lowest BCUT2D eigenvalue weighted by Crippen LogP contribution is -2.05. The van der Waals surface area contributed by atoms with Gasteiger partial charge in [-0.15, -0.1) is 0 Å². The molecule has 1 heterocycles. The van der Waals surface area contributed by atoms with Crippen molar-refractivity contribution in [1.29, 1.82) is 0 Å². The van der Waals surface area contributed by atoms with Crippen molar-refractivity contribution in [2.75, 3.05) is 11.1 Å². The van der Waals surface area contributed by atoms with Crippen molar-refractivity contribution in [1.82, 2.24) is 4.98 Å². The second-order valence-corrected chi connectivity index (χ2v) is 4.09. The Morgan fingerprint density at radius 2 is 2.17 bits per heavy atom. The number of hydrogen-bond donors (Lipinski definition) is 2. The number of anilines is 2. The largest absolute Gasteiger partial charge is 0.399 e. The van der Waals surface area contributed by atoms with E-state index in [-0.39, 0.29) is 5.82 Å². The highest BCUT2D eigenvalue weighted by molar-refractivity contribution is 5.54. The minimum atomic E-state index is -0.339. The van der Waals surface area contributed by atoms with E-state index in [4.69, 9.17) is 5.73 Å². The number of nitrogens with zero attached hydrogens (tertiary/aromatic N) is 1. The van der Waals surface area contributed by atoms with Gasteiger partial charge >= 0.3 is 0 Å². The van der Waals surface area contributed by atoms with Gasteiger partial charge in [0, 0.05) is 17.6 Å². The fourth-order valence-electron chi connectivity index (χ4n) is 1.85. The number of hydrogen-bond acceptors (Lipinski definition) is 3. The monoisotopic (exact) mass is 245 g/mol. The first-order valence-corrected chi connectivity index (χ1v) is 5.91. The lowest BCUT2D eigenvalue weighted by Gasteiger charge is -2.10. The average Bonchev–Trinajstić information content (AvgIpc) is 2.35. The maximum absolute atomic E-state index is 13.2. The standard InChI is InChI=1S/C14H16FN3/c1-2-10-4-3-5-17-14(10)9-18-13-7-11(15)6-12(16)8-13/h3-8,18H,2,9,16H2,1H3. The molecule has 0 unspecified atom stereocenters. The van der Waals surface area contributed by atoms with Crippen molar-refractivity contribution in [2.24, 2.45) is 0 Å². The Balaban J connectivity index is 2.11. The summed E-state index contributed by atoms with van der Waals surface area (Å²) in [6.45, 7) is 2.65. The van der Waals surface area contributed by atoms with Crippen molar-refractivity contribution in [3.63, 3.8) is 0 Å². The van der Waals surface area contributed by atoms with Crippen molar-refractivity contribution in [3.05, 3.63) is 53.6 Å². The number of pyridine rings is 1. The van der Waals surface area contributed by atoms with Gasteiger partial charge in [-0.1, -0.05) is 13.0 Å². The SMILES string of the molecule is CCc1cccnc1CNc1cc(N)cc(F)c1. The van der Waals surface area contributed by atoms with E-state index in [0.29, 0.717) is 17.9 Å². The van der Waals surface area contributed by atoms with Crippen LogP contribution in [0.15, 0.2) is 36.5 Å². The van der Waals surface area contributed by atoms with Crippen LogP contribution in [0.25, 0.3) is 0 Å². The zero-order chi connectivity index (χ0) is 13.0. The van der Waals surface area contributed by atoms with Gasteiger partial charge in [-0.25, -0.2) is 4.39 Å². The average molecular weight is 245 g/mol. The number of nitrogens with two attached hydrogens (primary N) is 1. The van der Waals surface area contributed by atoms with E-state index < -0.39 is 0 Å². The van der Waals surface area contributed by atoms with Crippen molar-refractivity contribution < 1.29 is 4.39 Å². The van der Waals surface area contributed by atoms with Gasteiger partial charge in [0.05, 0.1) is 12.2 Å². The third kappa shape index (κ3) is 2.97. The van der Waals surface area contributed by atoms with E-state index in [1.807, 2.05) is 12.1 Å². The number of halogens is 1. The number of aryl methyl sites for hydroxylation is 1. The van der Waals surface area contributed by atoms with E-state index in [2.05, 4.69) is 17.2 Å². The third-order valence-corrected chi connectivity index (χ3v) is 2.75. The van der Waals surface area contributed by atoms with E-state index in [0.717, 1.165) is 12.1 Å². The topological polar surface area (TPSA) is 50.9 Å². The molecule has 0 amide bonds. The summed E-state index contributed by atoms with van der Waals surface area (Å²) in [5.41, 5.74) is 8.83. The van der Waals surface area contributed by atoms with Gasteiger partial charge < -0.3 is 11.1 Å². The van der Waals surface area contributed by atoms with E-state index in [9.17, 15) is 4.39 Å². The molecule has 1 aromatic carbocycles. The maximum Gasteiger partial charge on any atom is 0.127 e. The molecule has 2 aromatic rings. The van der Waals surface area contributed by atoms with Crippen LogP contribution in [-0.4, -0.2) is 4.98 Å². The normalized spacial score (nSPS) is 10.3. The van der Waals surface area contributed by atoms with Crippen molar-refractivity contribution in [2.45, 2.75) is 19.9 Å². The van der Waals surface area contributed by atoms with Crippen molar-refractivity contribution in [3.8, 4) is 0 Å². The fourth-order valence-corrected chi connectivity index (χ4v) is 1.85. The molecule has 0 spiro atoms. The lowest BCUT2D eigenvalue weighted by molar-refractivity contribution is 0.629. The Morgan fingerprint density at radius 3 is 2.89 bits per heavy atom.